The number of anilines is 2. The molecule has 4 aromatic carbocycles. The van der Waals surface area contributed by atoms with Gasteiger partial charge in [-0.25, -0.2) is 0 Å². The largest absolute Gasteiger partial charge is 0.481 e. The fourth-order valence-electron chi connectivity index (χ4n) is 3.75. The summed E-state index contributed by atoms with van der Waals surface area (Å²) in [6, 6.07) is 26.3. The molecule has 2 amide bonds. The molecule has 0 fully saturated rings. The number of ether oxygens (including phenoxy) is 2. The highest BCUT2D eigenvalue weighted by Gasteiger charge is 2.18. The van der Waals surface area contributed by atoms with E-state index in [-0.39, 0.29) is 11.8 Å². The van der Waals surface area contributed by atoms with Crippen LogP contribution in [0.3, 0.4) is 0 Å². The van der Waals surface area contributed by atoms with Crippen LogP contribution in [-0.2, 0) is 9.59 Å². The third-order valence-electron chi connectivity index (χ3n) is 5.84. The summed E-state index contributed by atoms with van der Waals surface area (Å²) < 4.78 is 11.6. The summed E-state index contributed by atoms with van der Waals surface area (Å²) in [5.74, 6) is 0.733. The van der Waals surface area contributed by atoms with Gasteiger partial charge in [0.15, 0.2) is 12.2 Å². The molecule has 0 heterocycles. The minimum absolute atomic E-state index is 0.266. The molecule has 0 saturated heterocycles. The summed E-state index contributed by atoms with van der Waals surface area (Å²) in [4.78, 5) is 25.7. The van der Waals surface area contributed by atoms with Crippen LogP contribution in [0.25, 0.3) is 10.8 Å². The molecule has 2 atom stereocenters. The van der Waals surface area contributed by atoms with Crippen molar-refractivity contribution in [2.45, 2.75) is 39.9 Å². The lowest BCUT2D eigenvalue weighted by Crippen LogP contribution is -2.30. The zero-order chi connectivity index (χ0) is 25.7. The Morgan fingerprint density at radius 3 is 1.31 bits per heavy atom. The molecule has 0 radical (unpaired) electrons. The minimum atomic E-state index is -0.689. The first-order valence-corrected chi connectivity index (χ1v) is 11.9. The van der Waals surface area contributed by atoms with Gasteiger partial charge in [-0.3, -0.25) is 9.59 Å². The molecular weight excluding hydrogens is 452 g/mol. The van der Waals surface area contributed by atoms with Crippen molar-refractivity contribution in [2.75, 3.05) is 10.6 Å². The van der Waals surface area contributed by atoms with Crippen molar-refractivity contribution >= 4 is 34.0 Å². The fourth-order valence-corrected chi connectivity index (χ4v) is 3.75. The number of carbonyl (C=O) groups excluding carboxylic acids is 2. The average molecular weight is 483 g/mol. The maximum absolute atomic E-state index is 12.9. The smallest absolute Gasteiger partial charge is 0.265 e. The van der Waals surface area contributed by atoms with Gasteiger partial charge >= 0.3 is 0 Å². The first kappa shape index (κ1) is 24.8. The van der Waals surface area contributed by atoms with Gasteiger partial charge in [-0.05, 0) is 64.1 Å². The summed E-state index contributed by atoms with van der Waals surface area (Å²) >= 11 is 0. The number of rotatable bonds is 8. The highest BCUT2D eigenvalue weighted by Crippen LogP contribution is 2.30. The Kier molecular flexibility index (Phi) is 7.54. The first-order valence-electron chi connectivity index (χ1n) is 11.9. The Bertz CT molecular complexity index is 1260. The number of amides is 2. The van der Waals surface area contributed by atoms with Gasteiger partial charge < -0.3 is 20.1 Å². The summed E-state index contributed by atoms with van der Waals surface area (Å²) in [7, 11) is 0. The number of fused-ring (bicyclic) bond motifs is 1. The van der Waals surface area contributed by atoms with Crippen LogP contribution in [0.4, 0.5) is 11.4 Å². The van der Waals surface area contributed by atoms with Crippen LogP contribution in [-0.4, -0.2) is 24.0 Å². The van der Waals surface area contributed by atoms with E-state index in [1.54, 1.807) is 13.8 Å². The van der Waals surface area contributed by atoms with E-state index in [4.69, 9.17) is 9.47 Å². The Balaban J connectivity index is 1.46. The van der Waals surface area contributed by atoms with Crippen LogP contribution in [0.2, 0.25) is 0 Å². The molecule has 0 aliphatic carbocycles. The van der Waals surface area contributed by atoms with Gasteiger partial charge in [0.1, 0.15) is 11.5 Å². The van der Waals surface area contributed by atoms with E-state index >= 15 is 0 Å². The zero-order valence-electron chi connectivity index (χ0n) is 20.9. The lowest BCUT2D eigenvalue weighted by molar-refractivity contribution is -0.122. The van der Waals surface area contributed by atoms with E-state index in [1.165, 1.54) is 0 Å². The molecule has 0 aliphatic rings. The summed E-state index contributed by atoms with van der Waals surface area (Å²) in [6.45, 7) is 7.41. The molecule has 0 spiro atoms. The van der Waals surface area contributed by atoms with E-state index in [1.807, 2.05) is 98.8 Å². The molecule has 184 valence electrons. The van der Waals surface area contributed by atoms with Crippen molar-refractivity contribution in [1.82, 2.24) is 0 Å². The molecule has 6 heteroatoms. The average Bonchev–Trinajstić information content (AvgIpc) is 2.87. The van der Waals surface area contributed by atoms with E-state index < -0.39 is 12.2 Å². The van der Waals surface area contributed by atoms with Gasteiger partial charge in [0.2, 0.25) is 0 Å². The second kappa shape index (κ2) is 11.0. The third kappa shape index (κ3) is 6.02. The topological polar surface area (TPSA) is 76.7 Å². The summed E-state index contributed by atoms with van der Waals surface area (Å²) in [5, 5.41) is 7.52. The van der Waals surface area contributed by atoms with Gasteiger partial charge in [0.25, 0.3) is 11.8 Å². The number of hydrogen-bond acceptors (Lipinski definition) is 4. The Morgan fingerprint density at radius 1 is 0.583 bits per heavy atom. The predicted octanol–water partition coefficient (Wildman–Crippen LogP) is 6.27. The van der Waals surface area contributed by atoms with Crippen molar-refractivity contribution in [2.24, 2.45) is 0 Å². The Morgan fingerprint density at radius 2 is 0.944 bits per heavy atom. The molecule has 2 unspecified atom stereocenters. The second-order valence-electron chi connectivity index (χ2n) is 8.83. The molecule has 4 aromatic rings. The standard InChI is InChI=1S/C30H30N2O4/c1-19-11-15-23(16-12-19)35-21(3)29(33)31-27-9-5-8-26-25(27)7-6-10-28(26)32-30(34)22(4)36-24-17-13-20(2)14-18-24/h5-18,21-22H,1-4H3,(H,31,33)(H,32,34). The van der Waals surface area contributed by atoms with E-state index in [0.29, 0.717) is 22.9 Å². The SMILES string of the molecule is Cc1ccc(OC(C)C(=O)Nc2cccc3c(NC(=O)C(C)Oc4ccc(C)cc4)cccc23)cc1. The normalized spacial score (nSPS) is 12.4. The van der Waals surface area contributed by atoms with Crippen LogP contribution in [0.5, 0.6) is 11.5 Å². The van der Waals surface area contributed by atoms with E-state index in [2.05, 4.69) is 10.6 Å². The maximum atomic E-state index is 12.9. The quantitative estimate of drug-likeness (QED) is 0.310. The number of nitrogens with one attached hydrogen (secondary N) is 2. The van der Waals surface area contributed by atoms with Gasteiger partial charge in [0.05, 0.1) is 0 Å². The van der Waals surface area contributed by atoms with Crippen molar-refractivity contribution in [3.63, 3.8) is 0 Å². The monoisotopic (exact) mass is 482 g/mol. The van der Waals surface area contributed by atoms with Crippen molar-refractivity contribution < 1.29 is 19.1 Å². The van der Waals surface area contributed by atoms with Crippen LogP contribution >= 0.6 is 0 Å². The van der Waals surface area contributed by atoms with E-state index in [9.17, 15) is 9.59 Å². The molecule has 36 heavy (non-hydrogen) atoms. The van der Waals surface area contributed by atoms with Gasteiger partial charge in [-0.1, -0.05) is 59.7 Å². The second-order valence-corrected chi connectivity index (χ2v) is 8.83. The molecule has 0 aliphatic heterocycles. The highest BCUT2D eigenvalue weighted by molar-refractivity contribution is 6.10. The van der Waals surface area contributed by atoms with Gasteiger partial charge in [-0.2, -0.15) is 0 Å². The van der Waals surface area contributed by atoms with Crippen LogP contribution < -0.4 is 20.1 Å². The molecule has 0 bridgehead atoms. The molecule has 0 saturated carbocycles. The molecule has 2 N–H and O–H groups in total. The van der Waals surface area contributed by atoms with Gasteiger partial charge in [-0.15, -0.1) is 0 Å². The third-order valence-corrected chi connectivity index (χ3v) is 5.84. The maximum Gasteiger partial charge on any atom is 0.265 e. The van der Waals surface area contributed by atoms with Crippen LogP contribution in [0.15, 0.2) is 84.9 Å². The zero-order valence-corrected chi connectivity index (χ0v) is 20.9. The molecule has 0 aromatic heterocycles. The molecular formula is C30H30N2O4. The predicted molar refractivity (Wildman–Crippen MR) is 144 cm³/mol. The summed E-state index contributed by atoms with van der Waals surface area (Å²) in [5.41, 5.74) is 3.51. The minimum Gasteiger partial charge on any atom is -0.481 e. The van der Waals surface area contributed by atoms with Crippen LogP contribution in [0, 0.1) is 13.8 Å². The number of hydrogen-bond donors (Lipinski definition) is 2. The fraction of sp³-hybridized carbons (Fsp3) is 0.200. The first-order chi connectivity index (χ1) is 17.3. The summed E-state index contributed by atoms with van der Waals surface area (Å²) in [6.07, 6.45) is -1.38. The number of carbonyl (C=O) groups is 2. The lowest BCUT2D eigenvalue weighted by Gasteiger charge is -2.18. The Labute approximate surface area is 211 Å². The van der Waals surface area contributed by atoms with Crippen molar-refractivity contribution in [3.8, 4) is 11.5 Å². The number of benzene rings is 4. The molecule has 6 nitrogen and oxygen atoms in total. The van der Waals surface area contributed by atoms with Crippen molar-refractivity contribution in [3.05, 3.63) is 96.1 Å². The van der Waals surface area contributed by atoms with E-state index in [0.717, 1.165) is 21.9 Å². The number of aryl methyl sites for hydroxylation is 2. The highest BCUT2D eigenvalue weighted by atomic mass is 16.5. The lowest BCUT2D eigenvalue weighted by atomic mass is 10.1. The Hall–Kier alpha value is -4.32. The van der Waals surface area contributed by atoms with Crippen LogP contribution in [0.1, 0.15) is 25.0 Å². The van der Waals surface area contributed by atoms with Gasteiger partial charge in [0, 0.05) is 22.1 Å². The van der Waals surface area contributed by atoms with Crippen molar-refractivity contribution in [1.29, 1.82) is 0 Å². The molecule has 4 rings (SSSR count).